The van der Waals surface area contributed by atoms with E-state index in [-0.39, 0.29) is 27.6 Å². The van der Waals surface area contributed by atoms with Crippen molar-refractivity contribution >= 4 is 54.9 Å². The predicted molar refractivity (Wildman–Crippen MR) is 111 cm³/mol. The van der Waals surface area contributed by atoms with Gasteiger partial charge in [0.05, 0.1) is 33.5 Å². The third kappa shape index (κ3) is 4.42. The summed E-state index contributed by atoms with van der Waals surface area (Å²) >= 11 is 7.21. The van der Waals surface area contributed by atoms with Crippen LogP contribution in [-0.2, 0) is 25.9 Å². The molecule has 0 aliphatic carbocycles. The molecule has 3 aromatic rings. The lowest BCUT2D eigenvalue weighted by molar-refractivity contribution is -0.141. The van der Waals surface area contributed by atoms with E-state index in [0.717, 1.165) is 4.70 Å². The van der Waals surface area contributed by atoms with E-state index in [2.05, 4.69) is 4.99 Å². The lowest BCUT2D eigenvalue weighted by Crippen LogP contribution is -2.22. The summed E-state index contributed by atoms with van der Waals surface area (Å²) in [6.45, 7) is 1.35. The molecule has 29 heavy (non-hydrogen) atoms. The number of fused-ring (bicyclic) bond motifs is 1. The molecular formula is C19H17ClN2O5S2. The quantitative estimate of drug-likeness (QED) is 0.554. The Labute approximate surface area is 176 Å². The number of nitrogens with zero attached hydrogens (tertiary/aromatic N) is 2. The molecule has 1 aromatic heterocycles. The molecule has 7 nitrogen and oxygen atoms in total. The first kappa shape index (κ1) is 21.2. The van der Waals surface area contributed by atoms with Crippen molar-refractivity contribution in [1.29, 1.82) is 0 Å². The highest BCUT2D eigenvalue weighted by molar-refractivity contribution is 7.91. The molecule has 0 aliphatic heterocycles. The lowest BCUT2D eigenvalue weighted by Gasteiger charge is -2.06. The van der Waals surface area contributed by atoms with Gasteiger partial charge in [-0.1, -0.05) is 42.0 Å². The topological polar surface area (TPSA) is 94.8 Å². The molecule has 152 valence electrons. The van der Waals surface area contributed by atoms with Gasteiger partial charge in [0.1, 0.15) is 6.54 Å². The second-order valence-electron chi connectivity index (χ2n) is 5.98. The molecule has 0 bridgehead atoms. The molecule has 10 heteroatoms. The smallest absolute Gasteiger partial charge is 0.325 e. The molecule has 1 amide bonds. The molecule has 0 radical (unpaired) electrons. The molecule has 2 aromatic carbocycles. The number of hydrogen-bond donors (Lipinski definition) is 0. The highest BCUT2D eigenvalue weighted by atomic mass is 35.5. The van der Waals surface area contributed by atoms with Crippen LogP contribution in [0.25, 0.3) is 10.2 Å². The molecule has 0 N–H and O–H groups in total. The molecule has 0 unspecified atom stereocenters. The van der Waals surface area contributed by atoms with E-state index < -0.39 is 21.7 Å². The average molecular weight is 453 g/mol. The standard InChI is InChI=1S/C19H17ClN2O5S2/c1-3-29(25,26)16-7-5-4-6-13(16)18(24)21-19-22(11-17(23)27-2)14-9-8-12(20)10-15(14)28-19/h4-10H,3,11H2,1-2H3. The van der Waals surface area contributed by atoms with Crippen LogP contribution < -0.4 is 4.80 Å². The number of carbonyl (C=O) groups is 2. The van der Waals surface area contributed by atoms with Crippen LogP contribution in [0.4, 0.5) is 0 Å². The third-order valence-electron chi connectivity index (χ3n) is 4.19. The molecule has 0 atom stereocenters. The predicted octanol–water partition coefficient (Wildman–Crippen LogP) is 3.06. The average Bonchev–Trinajstić information content (AvgIpc) is 3.03. The van der Waals surface area contributed by atoms with Gasteiger partial charge < -0.3 is 9.30 Å². The number of benzene rings is 2. The Bertz CT molecular complexity index is 1280. The highest BCUT2D eigenvalue weighted by Gasteiger charge is 2.21. The van der Waals surface area contributed by atoms with Crippen LogP contribution in [0.5, 0.6) is 0 Å². The fourth-order valence-electron chi connectivity index (χ4n) is 2.70. The van der Waals surface area contributed by atoms with E-state index >= 15 is 0 Å². The summed E-state index contributed by atoms with van der Waals surface area (Å²) in [4.78, 5) is 29.0. The van der Waals surface area contributed by atoms with Crippen molar-refractivity contribution in [2.75, 3.05) is 12.9 Å². The van der Waals surface area contributed by atoms with Crippen LogP contribution >= 0.6 is 22.9 Å². The number of halogens is 1. The molecule has 0 fully saturated rings. The SMILES string of the molecule is CCS(=O)(=O)c1ccccc1C(=O)N=c1sc2cc(Cl)ccc2n1CC(=O)OC. The van der Waals surface area contributed by atoms with Crippen LogP contribution in [0, 0.1) is 0 Å². The van der Waals surface area contributed by atoms with Crippen LogP contribution in [-0.4, -0.2) is 37.7 Å². The van der Waals surface area contributed by atoms with Gasteiger partial charge >= 0.3 is 5.97 Å². The number of aromatic nitrogens is 1. The zero-order chi connectivity index (χ0) is 21.2. The van der Waals surface area contributed by atoms with Gasteiger partial charge in [0.25, 0.3) is 5.91 Å². The summed E-state index contributed by atoms with van der Waals surface area (Å²) in [6.07, 6.45) is 0. The minimum atomic E-state index is -3.61. The van der Waals surface area contributed by atoms with E-state index in [1.165, 1.54) is 42.1 Å². The molecule has 0 spiro atoms. The highest BCUT2D eigenvalue weighted by Crippen LogP contribution is 2.23. The maximum atomic E-state index is 12.9. The molecule has 0 saturated carbocycles. The number of thiazole rings is 1. The van der Waals surface area contributed by atoms with Crippen molar-refractivity contribution < 1.29 is 22.7 Å². The minimum absolute atomic E-state index is 0.0190. The van der Waals surface area contributed by atoms with Crippen LogP contribution in [0.3, 0.4) is 0 Å². The zero-order valence-electron chi connectivity index (χ0n) is 15.6. The van der Waals surface area contributed by atoms with Gasteiger partial charge in [0.15, 0.2) is 14.6 Å². The monoisotopic (exact) mass is 452 g/mol. The summed E-state index contributed by atoms with van der Waals surface area (Å²) in [7, 11) is -2.34. The van der Waals surface area contributed by atoms with Gasteiger partial charge in [-0.2, -0.15) is 4.99 Å². The van der Waals surface area contributed by atoms with Crippen molar-refractivity contribution in [3.8, 4) is 0 Å². The minimum Gasteiger partial charge on any atom is -0.468 e. The van der Waals surface area contributed by atoms with Crippen molar-refractivity contribution in [2.45, 2.75) is 18.4 Å². The Kier molecular flexibility index (Phi) is 6.21. The Morgan fingerprint density at radius 2 is 1.93 bits per heavy atom. The Hall–Kier alpha value is -2.49. The van der Waals surface area contributed by atoms with Crippen LogP contribution in [0.2, 0.25) is 5.02 Å². The zero-order valence-corrected chi connectivity index (χ0v) is 18.0. The number of methoxy groups -OCH3 is 1. The number of amides is 1. The molecule has 3 rings (SSSR count). The van der Waals surface area contributed by atoms with Crippen molar-refractivity contribution in [1.82, 2.24) is 4.57 Å². The fourth-order valence-corrected chi connectivity index (χ4v) is 5.09. The van der Waals surface area contributed by atoms with E-state index in [0.29, 0.717) is 10.5 Å². The number of sulfone groups is 1. The number of carbonyl (C=O) groups excluding carboxylic acids is 2. The van der Waals surface area contributed by atoms with Gasteiger partial charge in [0, 0.05) is 5.02 Å². The fraction of sp³-hybridized carbons (Fsp3) is 0.211. The van der Waals surface area contributed by atoms with Crippen molar-refractivity contribution in [2.24, 2.45) is 4.99 Å². The van der Waals surface area contributed by atoms with Crippen LogP contribution in [0.15, 0.2) is 52.4 Å². The summed E-state index contributed by atoms with van der Waals surface area (Å²) in [5, 5.41) is 0.501. The van der Waals surface area contributed by atoms with E-state index in [4.69, 9.17) is 16.3 Å². The summed E-state index contributed by atoms with van der Waals surface area (Å²) in [6, 6.07) is 11.0. The summed E-state index contributed by atoms with van der Waals surface area (Å²) in [5.74, 6) is -1.36. The molecular weight excluding hydrogens is 436 g/mol. The second-order valence-corrected chi connectivity index (χ2v) is 9.67. The van der Waals surface area contributed by atoms with E-state index in [1.54, 1.807) is 30.3 Å². The second kappa shape index (κ2) is 8.48. The van der Waals surface area contributed by atoms with Gasteiger partial charge in [0.2, 0.25) is 0 Å². The van der Waals surface area contributed by atoms with Crippen LogP contribution in [0.1, 0.15) is 17.3 Å². The molecule has 0 saturated heterocycles. The Morgan fingerprint density at radius 3 is 2.62 bits per heavy atom. The maximum absolute atomic E-state index is 12.9. The number of hydrogen-bond acceptors (Lipinski definition) is 6. The van der Waals surface area contributed by atoms with E-state index in [9.17, 15) is 18.0 Å². The number of rotatable bonds is 5. The number of ether oxygens (including phenoxy) is 1. The normalized spacial score (nSPS) is 12.3. The molecule has 0 aliphatic rings. The first-order chi connectivity index (χ1) is 13.8. The number of esters is 1. The third-order valence-corrected chi connectivity index (χ3v) is 7.25. The first-order valence-corrected chi connectivity index (χ1v) is 11.4. The largest absolute Gasteiger partial charge is 0.468 e. The Balaban J connectivity index is 2.20. The van der Waals surface area contributed by atoms with Gasteiger partial charge in [-0.15, -0.1) is 0 Å². The van der Waals surface area contributed by atoms with E-state index in [1.807, 2.05) is 0 Å². The Morgan fingerprint density at radius 1 is 1.21 bits per heavy atom. The van der Waals surface area contributed by atoms with Crippen molar-refractivity contribution in [3.63, 3.8) is 0 Å². The maximum Gasteiger partial charge on any atom is 0.325 e. The van der Waals surface area contributed by atoms with Crippen molar-refractivity contribution in [3.05, 3.63) is 57.9 Å². The van der Waals surface area contributed by atoms with Gasteiger partial charge in [-0.05, 0) is 30.3 Å². The summed E-state index contributed by atoms with van der Waals surface area (Å²) < 4.78 is 31.7. The van der Waals surface area contributed by atoms with Gasteiger partial charge in [-0.25, -0.2) is 8.42 Å². The lowest BCUT2D eigenvalue weighted by atomic mass is 10.2. The summed E-state index contributed by atoms with van der Waals surface area (Å²) in [5.41, 5.74) is 0.639. The molecule has 1 heterocycles. The van der Waals surface area contributed by atoms with Gasteiger partial charge in [-0.3, -0.25) is 9.59 Å². The first-order valence-electron chi connectivity index (χ1n) is 8.53.